The molecular formula is C42H48Cl2N4O6. The smallest absolute Gasteiger partial charge is 0.320 e. The Morgan fingerprint density at radius 2 is 1.93 bits per heavy atom. The molecule has 3 aliphatic rings. The summed E-state index contributed by atoms with van der Waals surface area (Å²) in [6, 6.07) is 16.7. The van der Waals surface area contributed by atoms with Gasteiger partial charge in [0.15, 0.2) is 0 Å². The van der Waals surface area contributed by atoms with Crippen molar-refractivity contribution in [3.05, 3.63) is 106 Å². The molecule has 286 valence electrons. The van der Waals surface area contributed by atoms with Crippen LogP contribution in [0.1, 0.15) is 68.2 Å². The molecule has 1 aliphatic carbocycles. The van der Waals surface area contributed by atoms with Crippen molar-refractivity contribution in [3.63, 3.8) is 0 Å². The van der Waals surface area contributed by atoms with Crippen LogP contribution in [0.15, 0.2) is 79.2 Å². The quantitative estimate of drug-likeness (QED) is 0.152. The van der Waals surface area contributed by atoms with Crippen LogP contribution in [0.25, 0.3) is 5.57 Å². The Balaban J connectivity index is 1.30. The van der Waals surface area contributed by atoms with E-state index in [9.17, 15) is 20.3 Å². The fourth-order valence-electron chi connectivity index (χ4n) is 7.59. The summed E-state index contributed by atoms with van der Waals surface area (Å²) < 4.78 is 20.0. The monoisotopic (exact) mass is 774 g/mol. The number of piperidine rings is 1. The second-order valence-electron chi connectivity index (χ2n) is 14.6. The number of likely N-dealkylation sites (tertiary alicyclic amines) is 2. The maximum absolute atomic E-state index is 12.2. The maximum atomic E-state index is 12.2. The van der Waals surface area contributed by atoms with E-state index < -0.39 is 22.5 Å². The molecule has 5 atom stereocenters. The molecule has 6 rings (SSSR count). The number of aromatic nitrogens is 1. The minimum absolute atomic E-state index is 0.0142. The van der Waals surface area contributed by atoms with Gasteiger partial charge in [0.05, 0.1) is 22.8 Å². The lowest BCUT2D eigenvalue weighted by atomic mass is 9.76. The van der Waals surface area contributed by atoms with Gasteiger partial charge >= 0.3 is 5.97 Å². The summed E-state index contributed by atoms with van der Waals surface area (Å²) in [5, 5.41) is 29.8. The van der Waals surface area contributed by atoms with E-state index in [0.717, 1.165) is 49.9 Å². The van der Waals surface area contributed by atoms with Crippen LogP contribution in [0.4, 0.5) is 0 Å². The van der Waals surface area contributed by atoms with E-state index in [1.165, 1.54) is 6.20 Å². The summed E-state index contributed by atoms with van der Waals surface area (Å²) in [4.78, 5) is 19.5. The highest BCUT2D eigenvalue weighted by Gasteiger charge is 2.52. The number of carboxylic acid groups (broad SMARTS) is 1. The van der Waals surface area contributed by atoms with Gasteiger partial charge in [0, 0.05) is 55.8 Å². The molecule has 0 amide bonds. The minimum atomic E-state index is -1.13. The SMILES string of the molecule is CC(CCN1CC[C@@H](O)C1)OC1(COc2cc(OCc3cncc(C#N)c3)c(CN3CCCC[C@H]3C(=O)O)cc2Cl)C=CC=C(c2ccccc2)C1(C)Cl. The minimum Gasteiger partial charge on any atom is -0.488 e. The Kier molecular flexibility index (Phi) is 13.0. The van der Waals surface area contributed by atoms with Crippen molar-refractivity contribution in [1.29, 1.82) is 5.26 Å². The largest absolute Gasteiger partial charge is 0.488 e. The van der Waals surface area contributed by atoms with Crippen LogP contribution < -0.4 is 9.47 Å². The van der Waals surface area contributed by atoms with E-state index in [4.69, 9.17) is 37.4 Å². The van der Waals surface area contributed by atoms with Gasteiger partial charge in [0.2, 0.25) is 0 Å². The molecule has 2 aromatic carbocycles. The summed E-state index contributed by atoms with van der Waals surface area (Å²) in [6.07, 6.45) is 12.4. The molecule has 2 N–H and O–H groups in total. The maximum Gasteiger partial charge on any atom is 0.320 e. The number of carboxylic acids is 1. The number of β-amino-alcohol motifs (C(OH)–C–C–N with tert-alkyl or cyclic N) is 1. The van der Waals surface area contributed by atoms with Gasteiger partial charge in [-0.3, -0.25) is 14.7 Å². The number of alkyl halides is 1. The number of carbonyl (C=O) groups is 1. The third-order valence-corrected chi connectivity index (χ3v) is 11.5. The molecule has 2 saturated heterocycles. The van der Waals surface area contributed by atoms with Crippen molar-refractivity contribution in [1.82, 2.24) is 14.8 Å². The molecule has 0 bridgehead atoms. The Bertz CT molecular complexity index is 1880. The number of ether oxygens (including phenoxy) is 3. The second kappa shape index (κ2) is 17.7. The average molecular weight is 776 g/mol. The van der Waals surface area contributed by atoms with Gasteiger partial charge in [-0.15, -0.1) is 11.6 Å². The molecule has 0 spiro atoms. The van der Waals surface area contributed by atoms with Gasteiger partial charge in [0.25, 0.3) is 0 Å². The molecular weight excluding hydrogens is 727 g/mol. The van der Waals surface area contributed by atoms with Crippen LogP contribution in [0, 0.1) is 11.3 Å². The van der Waals surface area contributed by atoms with Crippen LogP contribution in [-0.4, -0.2) is 92.5 Å². The highest BCUT2D eigenvalue weighted by Crippen LogP contribution is 2.48. The number of hydrogen-bond acceptors (Lipinski definition) is 9. The molecule has 2 fully saturated rings. The van der Waals surface area contributed by atoms with Crippen molar-refractivity contribution in [2.24, 2.45) is 0 Å². The van der Waals surface area contributed by atoms with Gasteiger partial charge in [-0.2, -0.15) is 5.26 Å². The number of aliphatic hydroxyl groups is 1. The first-order chi connectivity index (χ1) is 26.0. The zero-order chi connectivity index (χ0) is 38.3. The number of hydrogen-bond donors (Lipinski definition) is 2. The van der Waals surface area contributed by atoms with E-state index in [-0.39, 0.29) is 25.4 Å². The van der Waals surface area contributed by atoms with E-state index in [0.29, 0.717) is 59.3 Å². The van der Waals surface area contributed by atoms with Gasteiger partial charge in [-0.25, -0.2) is 0 Å². The second-order valence-corrected chi connectivity index (χ2v) is 15.8. The number of aliphatic carboxylic acids is 1. The fourth-order valence-corrected chi connectivity index (χ4v) is 8.16. The molecule has 54 heavy (non-hydrogen) atoms. The van der Waals surface area contributed by atoms with Crippen LogP contribution in [0.3, 0.4) is 0 Å². The summed E-state index contributed by atoms with van der Waals surface area (Å²) in [5.41, 5.74) is 2.56. The number of aliphatic hydroxyl groups excluding tert-OH is 1. The molecule has 10 nitrogen and oxygen atoms in total. The average Bonchev–Trinajstić information content (AvgIpc) is 3.59. The zero-order valence-electron chi connectivity index (χ0n) is 30.8. The van der Waals surface area contributed by atoms with Crippen LogP contribution in [-0.2, 0) is 22.7 Å². The van der Waals surface area contributed by atoms with E-state index in [1.807, 2.05) is 67.3 Å². The summed E-state index contributed by atoms with van der Waals surface area (Å²) in [5.74, 6) is -0.0276. The van der Waals surface area contributed by atoms with E-state index in [2.05, 4.69) is 16.0 Å². The standard InChI is InChI=1S/C42H48Cl2N4O6/c1-29(13-17-47-18-14-34(49)26-47)54-42(15-8-11-35(41(42,2)44)32-9-4-3-5-10-32)28-53-39-21-38(52-27-31-19-30(22-45)23-46-24-31)33(20-36(39)43)25-48-16-7-6-12-37(48)40(50)51/h3-5,8-11,15,19-21,23-24,29,34,37,49H,6-7,12-14,16-18,25-28H2,1-2H3,(H,50,51)/t29?,34-,37+,41?,42?/m1/s1. The Morgan fingerprint density at radius 3 is 2.67 bits per heavy atom. The Labute approximate surface area is 327 Å². The van der Waals surface area contributed by atoms with E-state index >= 15 is 0 Å². The third kappa shape index (κ3) is 9.28. The lowest BCUT2D eigenvalue weighted by Crippen LogP contribution is -2.56. The van der Waals surface area contributed by atoms with Gasteiger partial charge in [-0.05, 0) is 75.4 Å². The van der Waals surface area contributed by atoms with Crippen molar-refractivity contribution >= 4 is 34.7 Å². The fraction of sp³-hybridized carbons (Fsp3) is 0.452. The topological polar surface area (TPSA) is 128 Å². The lowest BCUT2D eigenvalue weighted by Gasteiger charge is -2.47. The molecule has 3 heterocycles. The summed E-state index contributed by atoms with van der Waals surface area (Å²) in [6.45, 7) is 7.34. The van der Waals surface area contributed by atoms with Gasteiger partial charge in [0.1, 0.15) is 47.3 Å². The third-order valence-electron chi connectivity index (χ3n) is 10.7. The summed E-state index contributed by atoms with van der Waals surface area (Å²) >= 11 is 14.6. The van der Waals surface area contributed by atoms with Gasteiger partial charge < -0.3 is 29.3 Å². The normalized spacial score (nSPS) is 25.1. The first-order valence-electron chi connectivity index (χ1n) is 18.6. The molecule has 0 saturated carbocycles. The van der Waals surface area contributed by atoms with Crippen LogP contribution in [0.5, 0.6) is 11.5 Å². The number of benzene rings is 2. The predicted molar refractivity (Wildman–Crippen MR) is 209 cm³/mol. The number of rotatable bonds is 15. The summed E-state index contributed by atoms with van der Waals surface area (Å²) in [7, 11) is 0. The first-order valence-corrected chi connectivity index (χ1v) is 19.3. The van der Waals surface area contributed by atoms with Crippen LogP contribution >= 0.6 is 23.2 Å². The number of halogens is 2. The van der Waals surface area contributed by atoms with Crippen molar-refractivity contribution in [2.45, 2.75) is 87.8 Å². The van der Waals surface area contributed by atoms with Crippen molar-refractivity contribution in [3.8, 4) is 17.6 Å². The van der Waals surface area contributed by atoms with Crippen molar-refractivity contribution in [2.75, 3.05) is 32.8 Å². The van der Waals surface area contributed by atoms with Crippen molar-refractivity contribution < 1.29 is 29.2 Å². The molecule has 3 aromatic rings. The number of pyridine rings is 1. The highest BCUT2D eigenvalue weighted by molar-refractivity contribution is 6.32. The number of nitrogens with zero attached hydrogens (tertiary/aromatic N) is 4. The molecule has 3 unspecified atom stereocenters. The molecule has 2 aliphatic heterocycles. The number of nitriles is 1. The predicted octanol–water partition coefficient (Wildman–Crippen LogP) is 7.26. The van der Waals surface area contributed by atoms with E-state index in [1.54, 1.807) is 24.4 Å². The lowest BCUT2D eigenvalue weighted by molar-refractivity contribution is -0.144. The first kappa shape index (κ1) is 39.7. The van der Waals surface area contributed by atoms with Crippen LogP contribution in [0.2, 0.25) is 5.02 Å². The zero-order valence-corrected chi connectivity index (χ0v) is 32.3. The van der Waals surface area contributed by atoms with Gasteiger partial charge in [-0.1, -0.05) is 60.5 Å². The Hall–Kier alpha value is -3.95. The molecule has 1 aromatic heterocycles. The Morgan fingerprint density at radius 1 is 1.11 bits per heavy atom. The highest BCUT2D eigenvalue weighted by atomic mass is 35.5. The molecule has 12 heteroatoms. The number of allylic oxidation sites excluding steroid dienone is 2. The molecule has 0 radical (unpaired) electrons.